The Morgan fingerprint density at radius 3 is 2.92 bits per heavy atom. The lowest BCUT2D eigenvalue weighted by Crippen LogP contribution is -1.79. The third-order valence-corrected chi connectivity index (χ3v) is 3.07. The zero-order chi connectivity index (χ0) is 9.42. The Balaban J connectivity index is 2.76. The molecule has 0 radical (unpaired) electrons. The van der Waals surface area contributed by atoms with Gasteiger partial charge in [0, 0.05) is 15.1 Å². The second-order valence-corrected chi connectivity index (χ2v) is 4.00. The van der Waals surface area contributed by atoms with Gasteiger partial charge in [-0.1, -0.05) is 22.9 Å². The van der Waals surface area contributed by atoms with E-state index in [4.69, 9.17) is 16.3 Å². The fourth-order valence-electron chi connectivity index (χ4n) is 1.15. The van der Waals surface area contributed by atoms with Gasteiger partial charge in [0.25, 0.3) is 0 Å². The van der Waals surface area contributed by atoms with Gasteiger partial charge in [0.05, 0.1) is 7.11 Å². The summed E-state index contributed by atoms with van der Waals surface area (Å²) in [4.78, 5) is 0. The maximum absolute atomic E-state index is 13.4. The summed E-state index contributed by atoms with van der Waals surface area (Å²) in [7, 11) is 1.45. The van der Waals surface area contributed by atoms with Crippen LogP contribution in [0.25, 0.3) is 10.1 Å². The Labute approximate surface area is 83.7 Å². The third-order valence-electron chi connectivity index (χ3n) is 1.75. The number of fused-ring (bicyclic) bond motifs is 1. The minimum atomic E-state index is -0.306. The van der Waals surface area contributed by atoms with Gasteiger partial charge in [0.2, 0.25) is 5.06 Å². The van der Waals surface area contributed by atoms with E-state index in [1.165, 1.54) is 18.4 Å². The molecule has 0 saturated heterocycles. The molecule has 1 nitrogen and oxygen atoms in total. The Morgan fingerprint density at radius 2 is 2.23 bits per heavy atom. The first-order valence-corrected chi connectivity index (χ1v) is 4.83. The largest absolute Gasteiger partial charge is 0.485 e. The van der Waals surface area contributed by atoms with E-state index in [1.807, 2.05) is 0 Å². The van der Waals surface area contributed by atoms with Crippen LogP contribution in [0.3, 0.4) is 0 Å². The molecule has 68 valence electrons. The first-order valence-electron chi connectivity index (χ1n) is 3.64. The molecule has 0 unspecified atom stereocenters. The van der Waals surface area contributed by atoms with E-state index in [2.05, 4.69) is 0 Å². The standard InChI is InChI=1S/C9H6ClFOS/c1-12-9-8(11)6-3-2-5(10)4-7(6)13-9/h2-4H,1H3. The number of rotatable bonds is 1. The van der Waals surface area contributed by atoms with E-state index in [-0.39, 0.29) is 5.82 Å². The van der Waals surface area contributed by atoms with Gasteiger partial charge in [-0.2, -0.15) is 0 Å². The number of halogens is 2. The van der Waals surface area contributed by atoms with Gasteiger partial charge in [-0.25, -0.2) is 4.39 Å². The molecular formula is C9H6ClFOS. The van der Waals surface area contributed by atoms with E-state index < -0.39 is 0 Å². The van der Waals surface area contributed by atoms with Crippen LogP contribution in [0.15, 0.2) is 18.2 Å². The number of methoxy groups -OCH3 is 1. The van der Waals surface area contributed by atoms with Gasteiger partial charge < -0.3 is 4.74 Å². The minimum absolute atomic E-state index is 0.303. The van der Waals surface area contributed by atoms with Crippen molar-refractivity contribution >= 4 is 33.0 Å². The quantitative estimate of drug-likeness (QED) is 0.706. The van der Waals surface area contributed by atoms with Crippen LogP contribution in [0.1, 0.15) is 0 Å². The molecule has 0 saturated carbocycles. The van der Waals surface area contributed by atoms with Crippen LogP contribution in [-0.4, -0.2) is 7.11 Å². The Hall–Kier alpha value is -0.800. The third kappa shape index (κ3) is 1.38. The van der Waals surface area contributed by atoms with Crippen molar-refractivity contribution < 1.29 is 9.13 Å². The summed E-state index contributed by atoms with van der Waals surface area (Å²) in [6.07, 6.45) is 0. The Bertz CT molecular complexity index is 452. The van der Waals surface area contributed by atoms with Crippen LogP contribution >= 0.6 is 22.9 Å². The van der Waals surface area contributed by atoms with Gasteiger partial charge in [-0.15, -0.1) is 0 Å². The molecule has 0 fully saturated rings. The average Bonchev–Trinajstić information content (AvgIpc) is 2.42. The SMILES string of the molecule is COc1sc2cc(Cl)ccc2c1F. The molecule has 0 aliphatic carbocycles. The van der Waals surface area contributed by atoms with Crippen LogP contribution < -0.4 is 4.74 Å². The number of hydrogen-bond acceptors (Lipinski definition) is 2. The lowest BCUT2D eigenvalue weighted by molar-refractivity contribution is 0.402. The molecule has 2 aromatic rings. The van der Waals surface area contributed by atoms with Crippen molar-refractivity contribution in [3.63, 3.8) is 0 Å². The summed E-state index contributed by atoms with van der Waals surface area (Å²) >= 11 is 7.02. The van der Waals surface area contributed by atoms with Crippen LogP contribution in [0.4, 0.5) is 4.39 Å². The molecule has 0 aliphatic heterocycles. The second kappa shape index (κ2) is 3.16. The van der Waals surface area contributed by atoms with Gasteiger partial charge in [0.15, 0.2) is 5.82 Å². The molecule has 0 bridgehead atoms. The van der Waals surface area contributed by atoms with E-state index in [9.17, 15) is 4.39 Å². The van der Waals surface area contributed by atoms with Crippen LogP contribution in [0.2, 0.25) is 5.02 Å². The minimum Gasteiger partial charge on any atom is -0.485 e. The first-order chi connectivity index (χ1) is 6.22. The molecule has 1 aromatic carbocycles. The van der Waals surface area contributed by atoms with Crippen LogP contribution in [0.5, 0.6) is 5.06 Å². The molecular weight excluding hydrogens is 211 g/mol. The van der Waals surface area contributed by atoms with Crippen molar-refractivity contribution in [2.45, 2.75) is 0 Å². The maximum Gasteiger partial charge on any atom is 0.211 e. The predicted octanol–water partition coefficient (Wildman–Crippen LogP) is 3.70. The van der Waals surface area contributed by atoms with E-state index in [0.29, 0.717) is 15.5 Å². The van der Waals surface area contributed by atoms with Crippen molar-refractivity contribution in [3.05, 3.63) is 29.0 Å². The molecule has 0 spiro atoms. The maximum atomic E-state index is 13.4. The Kier molecular flexibility index (Phi) is 2.14. The fourth-order valence-corrected chi connectivity index (χ4v) is 2.32. The molecule has 0 atom stereocenters. The van der Waals surface area contributed by atoms with Gasteiger partial charge in [0.1, 0.15) is 0 Å². The summed E-state index contributed by atoms with van der Waals surface area (Å²) in [6, 6.07) is 5.05. The molecule has 0 N–H and O–H groups in total. The highest BCUT2D eigenvalue weighted by Gasteiger charge is 2.11. The molecule has 1 aromatic heterocycles. The topological polar surface area (TPSA) is 9.23 Å². The summed E-state index contributed by atoms with van der Waals surface area (Å²) < 4.78 is 19.1. The van der Waals surface area contributed by atoms with E-state index >= 15 is 0 Å². The summed E-state index contributed by atoms with van der Waals surface area (Å²) in [5.74, 6) is -0.306. The second-order valence-electron chi connectivity index (χ2n) is 2.55. The number of ether oxygens (including phenoxy) is 1. The molecule has 13 heavy (non-hydrogen) atoms. The van der Waals surface area contributed by atoms with Crippen molar-refractivity contribution in [1.82, 2.24) is 0 Å². The van der Waals surface area contributed by atoms with E-state index in [0.717, 1.165) is 4.70 Å². The number of benzene rings is 1. The number of thiophene rings is 1. The van der Waals surface area contributed by atoms with Crippen molar-refractivity contribution in [1.29, 1.82) is 0 Å². The summed E-state index contributed by atoms with van der Waals surface area (Å²) in [5, 5.41) is 1.47. The van der Waals surface area contributed by atoms with Crippen molar-refractivity contribution in [2.24, 2.45) is 0 Å². The highest BCUT2D eigenvalue weighted by molar-refractivity contribution is 7.20. The van der Waals surface area contributed by atoms with Crippen molar-refractivity contribution in [3.8, 4) is 5.06 Å². The van der Waals surface area contributed by atoms with Gasteiger partial charge >= 0.3 is 0 Å². The first kappa shape index (κ1) is 8.78. The molecule has 0 aliphatic rings. The highest BCUT2D eigenvalue weighted by Crippen LogP contribution is 2.36. The van der Waals surface area contributed by atoms with E-state index in [1.54, 1.807) is 18.2 Å². The predicted molar refractivity (Wildman–Crippen MR) is 53.3 cm³/mol. The molecule has 0 amide bonds. The van der Waals surface area contributed by atoms with Gasteiger partial charge in [-0.3, -0.25) is 0 Å². The van der Waals surface area contributed by atoms with Crippen molar-refractivity contribution in [2.75, 3.05) is 7.11 Å². The zero-order valence-corrected chi connectivity index (χ0v) is 8.38. The lowest BCUT2D eigenvalue weighted by atomic mass is 10.2. The average molecular weight is 217 g/mol. The fraction of sp³-hybridized carbons (Fsp3) is 0.111. The van der Waals surface area contributed by atoms with Crippen LogP contribution in [-0.2, 0) is 0 Å². The zero-order valence-electron chi connectivity index (χ0n) is 6.80. The normalized spacial score (nSPS) is 10.7. The Morgan fingerprint density at radius 1 is 1.46 bits per heavy atom. The summed E-state index contributed by atoms with van der Waals surface area (Å²) in [6.45, 7) is 0. The molecule has 4 heteroatoms. The highest BCUT2D eigenvalue weighted by atomic mass is 35.5. The summed E-state index contributed by atoms with van der Waals surface area (Å²) in [5.41, 5.74) is 0. The molecule has 2 rings (SSSR count). The molecule has 1 heterocycles. The number of hydrogen-bond donors (Lipinski definition) is 0. The monoisotopic (exact) mass is 216 g/mol. The van der Waals surface area contributed by atoms with Gasteiger partial charge in [-0.05, 0) is 18.2 Å². The smallest absolute Gasteiger partial charge is 0.211 e. The lowest BCUT2D eigenvalue weighted by Gasteiger charge is -1.91. The van der Waals surface area contributed by atoms with Crippen LogP contribution in [0, 0.1) is 5.82 Å².